The molecular weight excluding hydrogens is 348 g/mol. The van der Waals surface area contributed by atoms with Gasteiger partial charge in [-0.15, -0.1) is 10.2 Å². The lowest BCUT2D eigenvalue weighted by atomic mass is 9.83. The van der Waals surface area contributed by atoms with Gasteiger partial charge in [0, 0.05) is 13.6 Å². The number of guanidine groups is 1. The summed E-state index contributed by atoms with van der Waals surface area (Å²) in [6.07, 6.45) is 6.51. The molecule has 0 amide bonds. The first-order valence-corrected chi connectivity index (χ1v) is 10.5. The predicted octanol–water partition coefficient (Wildman–Crippen LogP) is 3.89. The average molecular weight is 383 g/mol. The number of hydrogen-bond donors (Lipinski definition) is 2. The Morgan fingerprint density at radius 2 is 1.93 bits per heavy atom. The van der Waals surface area contributed by atoms with E-state index in [1.165, 1.54) is 37.7 Å². The van der Waals surface area contributed by atoms with Crippen molar-refractivity contribution in [3.05, 3.63) is 47.5 Å². The summed E-state index contributed by atoms with van der Waals surface area (Å²) in [5.41, 5.74) is 1.65. The third-order valence-corrected chi connectivity index (χ3v) is 6.26. The number of nitrogens with one attached hydrogen (secondary N) is 2. The van der Waals surface area contributed by atoms with Crippen molar-refractivity contribution in [3.63, 3.8) is 0 Å². The smallest absolute Gasteiger partial charge is 0.192 e. The van der Waals surface area contributed by atoms with E-state index in [-0.39, 0.29) is 6.04 Å². The molecule has 6 nitrogen and oxygen atoms in total. The topological polar surface area (TPSA) is 67.1 Å². The first-order valence-electron chi connectivity index (χ1n) is 10.5. The predicted molar refractivity (Wildman–Crippen MR) is 114 cm³/mol. The van der Waals surface area contributed by atoms with Crippen LogP contribution in [0.4, 0.5) is 0 Å². The van der Waals surface area contributed by atoms with Gasteiger partial charge in [0.15, 0.2) is 11.8 Å². The van der Waals surface area contributed by atoms with Crippen LogP contribution < -0.4 is 10.6 Å². The van der Waals surface area contributed by atoms with Crippen LogP contribution >= 0.6 is 0 Å². The molecule has 1 aromatic heterocycles. The lowest BCUT2D eigenvalue weighted by molar-refractivity contribution is 0.283. The van der Waals surface area contributed by atoms with Gasteiger partial charge in [-0.1, -0.05) is 50.1 Å². The third-order valence-electron chi connectivity index (χ3n) is 6.26. The SMILES string of the molecule is CCC1(CNC(=NCc2nnc(C)n2C)NC(C)c2ccccc2)CCCC1. The summed E-state index contributed by atoms with van der Waals surface area (Å²) < 4.78 is 1.99. The van der Waals surface area contributed by atoms with Crippen molar-refractivity contribution in [1.29, 1.82) is 0 Å². The lowest BCUT2D eigenvalue weighted by Crippen LogP contribution is -2.43. The second-order valence-electron chi connectivity index (χ2n) is 8.08. The Morgan fingerprint density at radius 3 is 2.54 bits per heavy atom. The Morgan fingerprint density at radius 1 is 1.21 bits per heavy atom. The van der Waals surface area contributed by atoms with Crippen LogP contribution in [0, 0.1) is 12.3 Å². The second kappa shape index (κ2) is 9.22. The molecule has 0 spiro atoms. The lowest BCUT2D eigenvalue weighted by Gasteiger charge is -2.29. The quantitative estimate of drug-likeness (QED) is 0.563. The van der Waals surface area contributed by atoms with Crippen LogP contribution in [0.3, 0.4) is 0 Å². The van der Waals surface area contributed by atoms with Crippen LogP contribution in [-0.2, 0) is 13.6 Å². The molecule has 1 aromatic carbocycles. The summed E-state index contributed by atoms with van der Waals surface area (Å²) in [7, 11) is 1.98. The van der Waals surface area contributed by atoms with Crippen molar-refractivity contribution >= 4 is 5.96 Å². The number of aliphatic imine (C=N–C) groups is 1. The molecule has 6 heteroatoms. The molecule has 152 valence electrons. The van der Waals surface area contributed by atoms with Crippen molar-refractivity contribution in [3.8, 4) is 0 Å². The standard InChI is InChI=1S/C22H34N6/c1-5-22(13-9-10-14-22)16-24-21(23-15-20-27-26-18(3)28(20)4)25-17(2)19-11-7-6-8-12-19/h6-8,11-12,17H,5,9-10,13-16H2,1-4H3,(H2,23,24,25). The van der Waals surface area contributed by atoms with E-state index in [9.17, 15) is 0 Å². The van der Waals surface area contributed by atoms with E-state index in [4.69, 9.17) is 4.99 Å². The summed E-state index contributed by atoms with van der Waals surface area (Å²) in [6, 6.07) is 10.7. The van der Waals surface area contributed by atoms with Gasteiger partial charge in [-0.3, -0.25) is 0 Å². The summed E-state index contributed by atoms with van der Waals surface area (Å²) >= 11 is 0. The van der Waals surface area contributed by atoms with Crippen LogP contribution in [0.2, 0.25) is 0 Å². The highest BCUT2D eigenvalue weighted by molar-refractivity contribution is 5.80. The largest absolute Gasteiger partial charge is 0.356 e. The van der Waals surface area contributed by atoms with E-state index in [2.05, 4.69) is 58.9 Å². The van der Waals surface area contributed by atoms with Crippen LogP contribution in [0.5, 0.6) is 0 Å². The summed E-state index contributed by atoms with van der Waals surface area (Å²) in [6.45, 7) is 7.92. The van der Waals surface area contributed by atoms with E-state index >= 15 is 0 Å². The number of aryl methyl sites for hydroxylation is 1. The van der Waals surface area contributed by atoms with Crippen molar-refractivity contribution in [2.24, 2.45) is 17.5 Å². The average Bonchev–Trinajstić information content (AvgIpc) is 3.32. The zero-order valence-corrected chi connectivity index (χ0v) is 17.7. The summed E-state index contributed by atoms with van der Waals surface area (Å²) in [5, 5.41) is 15.6. The second-order valence-corrected chi connectivity index (χ2v) is 8.08. The third kappa shape index (κ3) is 4.91. The molecule has 1 saturated carbocycles. The van der Waals surface area contributed by atoms with Gasteiger partial charge in [-0.2, -0.15) is 0 Å². The highest BCUT2D eigenvalue weighted by Gasteiger charge is 2.32. The molecule has 2 aromatic rings. The van der Waals surface area contributed by atoms with Gasteiger partial charge in [0.05, 0.1) is 6.04 Å². The molecule has 1 aliphatic carbocycles. The minimum atomic E-state index is 0.176. The molecule has 1 unspecified atom stereocenters. The fourth-order valence-electron chi connectivity index (χ4n) is 3.97. The van der Waals surface area contributed by atoms with Crippen molar-refractivity contribution in [2.45, 2.75) is 65.5 Å². The Kier molecular flexibility index (Phi) is 6.70. The van der Waals surface area contributed by atoms with E-state index in [1.807, 2.05) is 24.6 Å². The monoisotopic (exact) mass is 382 g/mol. The molecule has 0 aliphatic heterocycles. The van der Waals surface area contributed by atoms with Gasteiger partial charge in [0.1, 0.15) is 12.4 Å². The molecule has 28 heavy (non-hydrogen) atoms. The first-order chi connectivity index (χ1) is 13.5. The zero-order chi connectivity index (χ0) is 20.0. The van der Waals surface area contributed by atoms with Gasteiger partial charge >= 0.3 is 0 Å². The molecule has 1 aliphatic rings. The number of benzene rings is 1. The maximum atomic E-state index is 4.83. The van der Waals surface area contributed by atoms with Crippen molar-refractivity contribution < 1.29 is 0 Å². The van der Waals surface area contributed by atoms with E-state index in [0.717, 1.165) is 24.2 Å². The van der Waals surface area contributed by atoms with Gasteiger partial charge in [0.25, 0.3) is 0 Å². The molecule has 1 heterocycles. The van der Waals surface area contributed by atoms with Gasteiger partial charge in [0.2, 0.25) is 0 Å². The summed E-state index contributed by atoms with van der Waals surface area (Å²) in [5.74, 6) is 2.62. The molecule has 1 fully saturated rings. The number of hydrogen-bond acceptors (Lipinski definition) is 3. The van der Waals surface area contributed by atoms with Gasteiger partial charge < -0.3 is 15.2 Å². The number of nitrogens with zero attached hydrogens (tertiary/aromatic N) is 4. The van der Waals surface area contributed by atoms with E-state index in [0.29, 0.717) is 12.0 Å². The minimum absolute atomic E-state index is 0.176. The summed E-state index contributed by atoms with van der Waals surface area (Å²) in [4.78, 5) is 4.83. The maximum absolute atomic E-state index is 4.83. The fourth-order valence-corrected chi connectivity index (χ4v) is 3.97. The maximum Gasteiger partial charge on any atom is 0.192 e. The Balaban J connectivity index is 1.72. The van der Waals surface area contributed by atoms with Crippen LogP contribution in [0.25, 0.3) is 0 Å². The molecular formula is C22H34N6. The minimum Gasteiger partial charge on any atom is -0.356 e. The zero-order valence-electron chi connectivity index (χ0n) is 17.7. The molecule has 0 radical (unpaired) electrons. The fraction of sp³-hybridized carbons (Fsp3) is 0.591. The molecule has 0 bridgehead atoms. The van der Waals surface area contributed by atoms with Gasteiger partial charge in [-0.25, -0.2) is 4.99 Å². The highest BCUT2D eigenvalue weighted by atomic mass is 15.3. The van der Waals surface area contributed by atoms with Crippen molar-refractivity contribution in [1.82, 2.24) is 25.4 Å². The highest BCUT2D eigenvalue weighted by Crippen LogP contribution is 2.40. The van der Waals surface area contributed by atoms with Crippen LogP contribution in [0.15, 0.2) is 35.3 Å². The van der Waals surface area contributed by atoms with Gasteiger partial charge in [-0.05, 0) is 44.1 Å². The molecule has 2 N–H and O–H groups in total. The van der Waals surface area contributed by atoms with E-state index < -0.39 is 0 Å². The van der Waals surface area contributed by atoms with Crippen LogP contribution in [0.1, 0.15) is 69.2 Å². The Labute approximate surface area is 168 Å². The first kappa shape index (κ1) is 20.4. The molecule has 0 saturated heterocycles. The Hall–Kier alpha value is -2.37. The number of rotatable bonds is 7. The Bertz CT molecular complexity index is 774. The van der Waals surface area contributed by atoms with E-state index in [1.54, 1.807) is 0 Å². The van der Waals surface area contributed by atoms with Crippen molar-refractivity contribution in [2.75, 3.05) is 6.54 Å². The molecule has 3 rings (SSSR count). The normalized spacial score (nSPS) is 17.5. The number of aromatic nitrogens is 3. The van der Waals surface area contributed by atoms with Crippen LogP contribution in [-0.4, -0.2) is 27.3 Å². The molecule has 1 atom stereocenters.